The molecule has 0 amide bonds. The van der Waals surface area contributed by atoms with E-state index in [1.807, 2.05) is 26.6 Å². The van der Waals surface area contributed by atoms with Gasteiger partial charge in [-0.25, -0.2) is 13.2 Å². The molecule has 1 fully saturated rings. The second-order valence-electron chi connectivity index (χ2n) is 7.39. The van der Waals surface area contributed by atoms with Crippen LogP contribution < -0.4 is 0 Å². The van der Waals surface area contributed by atoms with Crippen molar-refractivity contribution < 1.29 is 22.7 Å². The first kappa shape index (κ1) is 20.8. The Hall–Kier alpha value is -1.48. The summed E-state index contributed by atoms with van der Waals surface area (Å²) in [4.78, 5) is 12.6. The molecule has 1 aliphatic rings. The summed E-state index contributed by atoms with van der Waals surface area (Å²) in [7, 11) is -4.82. The van der Waals surface area contributed by atoms with Gasteiger partial charge in [0.05, 0.1) is 11.5 Å². The Morgan fingerprint density at radius 2 is 1.81 bits per heavy atom. The lowest BCUT2D eigenvalue weighted by Gasteiger charge is -2.61. The summed E-state index contributed by atoms with van der Waals surface area (Å²) in [6.45, 7) is 13.7. The van der Waals surface area contributed by atoms with E-state index in [9.17, 15) is 13.2 Å². The van der Waals surface area contributed by atoms with E-state index in [-0.39, 0.29) is 11.5 Å². The van der Waals surface area contributed by atoms with E-state index in [0.717, 1.165) is 9.87 Å². The average molecular weight is 398 g/mol. The number of hydrogen-bond acceptors (Lipinski definition) is 5. The molecule has 1 aliphatic heterocycles. The third-order valence-corrected chi connectivity index (χ3v) is 9.52. The number of esters is 1. The lowest BCUT2D eigenvalue weighted by molar-refractivity contribution is -0.160. The van der Waals surface area contributed by atoms with Gasteiger partial charge in [-0.05, 0) is 31.6 Å². The summed E-state index contributed by atoms with van der Waals surface area (Å²) in [6, 6.07) is 5.46. The van der Waals surface area contributed by atoms with Crippen molar-refractivity contribution in [3.8, 4) is 0 Å². The maximum absolute atomic E-state index is 13.4. The van der Waals surface area contributed by atoms with Crippen LogP contribution in [0.1, 0.15) is 12.5 Å². The Labute approximate surface area is 156 Å². The van der Waals surface area contributed by atoms with Gasteiger partial charge in [0, 0.05) is 7.11 Å². The first-order valence-electron chi connectivity index (χ1n) is 8.47. The molecule has 26 heavy (non-hydrogen) atoms. The zero-order chi connectivity index (χ0) is 19.9. The molecular formula is C18H27NO5SSi. The fraction of sp³-hybridized carbons (Fsp3) is 0.500. The van der Waals surface area contributed by atoms with Crippen LogP contribution >= 0.6 is 0 Å². The molecule has 2 rings (SSSR count). The molecule has 144 valence electrons. The molecule has 1 aromatic carbocycles. The van der Waals surface area contributed by atoms with Crippen molar-refractivity contribution in [1.82, 2.24) is 4.31 Å². The number of hydrogen-bond donors (Lipinski definition) is 0. The molecule has 2 atom stereocenters. The van der Waals surface area contributed by atoms with Crippen LogP contribution in [-0.4, -0.2) is 51.9 Å². The third kappa shape index (κ3) is 2.94. The number of rotatable bonds is 6. The van der Waals surface area contributed by atoms with Crippen molar-refractivity contribution in [3.05, 3.63) is 42.0 Å². The highest BCUT2D eigenvalue weighted by Crippen LogP contribution is 2.51. The standard InChI is InChI=1S/C18H27NO5SSi/c1-8-24-17(20)16-14(3)18(23-4,26(5,6)7)19(16)25(21,22)15-11-9-13(2)10-12-15/h9-12,16H,3,8H2,1-2,4-7H3. The van der Waals surface area contributed by atoms with E-state index in [0.29, 0.717) is 5.57 Å². The summed E-state index contributed by atoms with van der Waals surface area (Å²) in [5.74, 6) is -0.626. The summed E-state index contributed by atoms with van der Waals surface area (Å²) < 4.78 is 38.9. The van der Waals surface area contributed by atoms with E-state index >= 15 is 0 Å². The van der Waals surface area contributed by atoms with Gasteiger partial charge in [-0.2, -0.15) is 0 Å². The van der Waals surface area contributed by atoms with Crippen molar-refractivity contribution in [2.24, 2.45) is 0 Å². The number of aryl methyl sites for hydroxylation is 1. The quantitative estimate of drug-likeness (QED) is 0.419. The number of methoxy groups -OCH3 is 1. The van der Waals surface area contributed by atoms with E-state index < -0.39 is 35.5 Å². The molecule has 8 heteroatoms. The lowest BCUT2D eigenvalue weighted by Crippen LogP contribution is -2.80. The first-order chi connectivity index (χ1) is 11.9. The van der Waals surface area contributed by atoms with Crippen LogP contribution in [0.4, 0.5) is 0 Å². The van der Waals surface area contributed by atoms with Crippen LogP contribution in [0.2, 0.25) is 19.6 Å². The Kier molecular flexibility index (Phi) is 5.54. The minimum absolute atomic E-state index is 0.115. The van der Waals surface area contributed by atoms with Gasteiger partial charge >= 0.3 is 5.97 Å². The maximum Gasteiger partial charge on any atom is 0.328 e. The number of carbonyl (C=O) groups excluding carboxylic acids is 1. The molecule has 0 saturated carbocycles. The van der Waals surface area contributed by atoms with Gasteiger partial charge in [-0.15, -0.1) is 4.31 Å². The van der Waals surface area contributed by atoms with Crippen LogP contribution in [0.25, 0.3) is 0 Å². The van der Waals surface area contributed by atoms with Gasteiger partial charge in [0.25, 0.3) is 0 Å². The molecule has 2 unspecified atom stereocenters. The maximum atomic E-state index is 13.4. The molecular weight excluding hydrogens is 370 g/mol. The predicted molar refractivity (Wildman–Crippen MR) is 103 cm³/mol. The van der Waals surface area contributed by atoms with Gasteiger partial charge in [-0.1, -0.05) is 43.9 Å². The van der Waals surface area contributed by atoms with Gasteiger partial charge < -0.3 is 9.47 Å². The summed E-state index contributed by atoms with van der Waals surface area (Å²) in [6.07, 6.45) is 0. The van der Waals surface area contributed by atoms with E-state index in [1.165, 1.54) is 7.11 Å². The predicted octanol–water partition coefficient (Wildman–Crippen LogP) is 2.71. The van der Waals surface area contributed by atoms with Crippen molar-refractivity contribution in [2.45, 2.75) is 49.8 Å². The molecule has 6 nitrogen and oxygen atoms in total. The fourth-order valence-corrected chi connectivity index (χ4v) is 8.93. The molecule has 0 aliphatic carbocycles. The van der Waals surface area contributed by atoms with Crippen molar-refractivity contribution in [1.29, 1.82) is 0 Å². The largest absolute Gasteiger partial charge is 0.465 e. The summed E-state index contributed by atoms with van der Waals surface area (Å²) in [5.41, 5.74) is 1.38. The highest BCUT2D eigenvalue weighted by atomic mass is 32.2. The van der Waals surface area contributed by atoms with Crippen LogP contribution in [-0.2, 0) is 24.3 Å². The minimum atomic E-state index is -3.99. The monoisotopic (exact) mass is 397 g/mol. The second-order valence-corrected chi connectivity index (χ2v) is 14.4. The van der Waals surface area contributed by atoms with Crippen molar-refractivity contribution >= 4 is 24.1 Å². The van der Waals surface area contributed by atoms with Gasteiger partial charge in [0.2, 0.25) is 10.0 Å². The number of benzene rings is 1. The van der Waals surface area contributed by atoms with Crippen molar-refractivity contribution in [2.75, 3.05) is 13.7 Å². The summed E-state index contributed by atoms with van der Waals surface area (Å²) >= 11 is 0. The van der Waals surface area contributed by atoms with Crippen LogP contribution in [0.15, 0.2) is 41.3 Å². The van der Waals surface area contributed by atoms with Crippen molar-refractivity contribution in [3.63, 3.8) is 0 Å². The molecule has 1 aromatic rings. The minimum Gasteiger partial charge on any atom is -0.465 e. The number of sulfonamides is 1. The Morgan fingerprint density at radius 3 is 2.23 bits per heavy atom. The molecule has 0 radical (unpaired) electrons. The molecule has 0 N–H and O–H groups in total. The first-order valence-corrected chi connectivity index (χ1v) is 13.4. The topological polar surface area (TPSA) is 72.9 Å². The normalized spacial score (nSPS) is 24.2. The SMILES string of the molecule is C=C1C(C(=O)OCC)N(S(=O)(=O)c2ccc(C)cc2)C1(OC)[Si](C)(C)C. The zero-order valence-corrected chi connectivity index (χ0v) is 18.0. The van der Waals surface area contributed by atoms with Crippen LogP contribution in [0, 0.1) is 6.92 Å². The molecule has 0 spiro atoms. The lowest BCUT2D eigenvalue weighted by atomic mass is 9.98. The van der Waals surface area contributed by atoms with Gasteiger partial charge in [0.1, 0.15) is 19.5 Å². The van der Waals surface area contributed by atoms with Gasteiger partial charge in [0.15, 0.2) is 0 Å². The fourth-order valence-electron chi connectivity index (χ4n) is 3.51. The third-order valence-electron chi connectivity index (χ3n) is 4.71. The van der Waals surface area contributed by atoms with Crippen LogP contribution in [0.3, 0.4) is 0 Å². The van der Waals surface area contributed by atoms with E-state index in [1.54, 1.807) is 31.2 Å². The number of nitrogens with zero attached hydrogens (tertiary/aromatic N) is 1. The molecule has 1 heterocycles. The van der Waals surface area contributed by atoms with E-state index in [4.69, 9.17) is 9.47 Å². The zero-order valence-electron chi connectivity index (χ0n) is 16.2. The second kappa shape index (κ2) is 6.92. The Morgan fingerprint density at radius 1 is 1.27 bits per heavy atom. The Bertz CT molecular complexity index is 813. The van der Waals surface area contributed by atoms with Crippen LogP contribution in [0.5, 0.6) is 0 Å². The average Bonchev–Trinajstić information content (AvgIpc) is 2.52. The van der Waals surface area contributed by atoms with E-state index in [2.05, 4.69) is 6.58 Å². The molecule has 0 aromatic heterocycles. The molecule has 0 bridgehead atoms. The highest BCUT2D eigenvalue weighted by molar-refractivity contribution is 7.89. The Balaban J connectivity index is 2.65. The summed E-state index contributed by atoms with van der Waals surface area (Å²) in [5, 5.41) is -1.20. The smallest absolute Gasteiger partial charge is 0.328 e. The highest BCUT2D eigenvalue weighted by Gasteiger charge is 2.69. The van der Waals surface area contributed by atoms with Gasteiger partial charge in [-0.3, -0.25) is 0 Å². The number of ether oxygens (including phenoxy) is 2. The number of carbonyl (C=O) groups is 1. The molecule has 1 saturated heterocycles.